The summed E-state index contributed by atoms with van der Waals surface area (Å²) in [5, 5.41) is 3.88. The molecule has 1 aromatic carbocycles. The molecule has 0 aliphatic heterocycles. The first-order chi connectivity index (χ1) is 10.4. The zero-order valence-corrected chi connectivity index (χ0v) is 13.4. The van der Waals surface area contributed by atoms with E-state index >= 15 is 0 Å². The normalized spacial score (nSPS) is 11.8. The Balaban J connectivity index is 1.96. The summed E-state index contributed by atoms with van der Waals surface area (Å²) in [6.45, 7) is 2.84. The van der Waals surface area contributed by atoms with Crippen molar-refractivity contribution < 1.29 is 17.5 Å². The number of para-hydroxylation sites is 1. The Bertz CT molecular complexity index is 763. The number of ether oxygens (including phenoxy) is 1. The average molecular weight is 326 g/mol. The smallest absolute Gasteiger partial charge is 0.149 e. The number of rotatable bonds is 7. The summed E-state index contributed by atoms with van der Waals surface area (Å²) in [6, 6.07) is 6.67. The molecule has 5 nitrogen and oxygen atoms in total. The van der Waals surface area contributed by atoms with Crippen LogP contribution in [0.4, 0.5) is 10.1 Å². The molecule has 0 spiro atoms. The second kappa shape index (κ2) is 7.02. The largest absolute Gasteiger partial charge is 0.382 e. The van der Waals surface area contributed by atoms with Crippen molar-refractivity contribution in [3.8, 4) is 0 Å². The first kappa shape index (κ1) is 16.6. The summed E-state index contributed by atoms with van der Waals surface area (Å²) in [5.41, 5.74) is 1.84. The van der Waals surface area contributed by atoms with Crippen molar-refractivity contribution in [2.45, 2.75) is 6.92 Å². The van der Waals surface area contributed by atoms with Crippen molar-refractivity contribution in [1.82, 2.24) is 4.98 Å². The monoisotopic (exact) mass is 326 g/mol. The summed E-state index contributed by atoms with van der Waals surface area (Å²) >= 11 is 0. The van der Waals surface area contributed by atoms with Gasteiger partial charge in [-0.25, -0.2) is 17.8 Å². The quantitative estimate of drug-likeness (QED) is 0.790. The van der Waals surface area contributed by atoms with Gasteiger partial charge in [0.1, 0.15) is 21.2 Å². The number of aryl methyl sites for hydroxylation is 1. The van der Waals surface area contributed by atoms with Crippen LogP contribution in [-0.2, 0) is 14.6 Å². The number of sulfone groups is 1. The predicted molar refractivity (Wildman–Crippen MR) is 85.5 cm³/mol. The van der Waals surface area contributed by atoms with Crippen LogP contribution in [0.15, 0.2) is 24.3 Å². The van der Waals surface area contributed by atoms with Gasteiger partial charge in [-0.2, -0.15) is 0 Å². The lowest BCUT2D eigenvalue weighted by Crippen LogP contribution is -2.15. The third-order valence-corrected chi connectivity index (χ3v) is 3.99. The summed E-state index contributed by atoms with van der Waals surface area (Å²) in [4.78, 5) is 4.21. The lowest BCUT2D eigenvalue weighted by Gasteiger charge is -2.11. The van der Waals surface area contributed by atoms with Crippen molar-refractivity contribution in [3.05, 3.63) is 35.8 Å². The molecule has 0 fully saturated rings. The van der Waals surface area contributed by atoms with Crippen molar-refractivity contribution in [3.63, 3.8) is 0 Å². The maximum Gasteiger partial charge on any atom is 0.149 e. The topological polar surface area (TPSA) is 68.3 Å². The van der Waals surface area contributed by atoms with Crippen LogP contribution >= 0.6 is 0 Å². The molecule has 1 N–H and O–H groups in total. The Morgan fingerprint density at radius 3 is 2.82 bits per heavy atom. The van der Waals surface area contributed by atoms with Gasteiger partial charge in [-0.05, 0) is 19.1 Å². The lowest BCUT2D eigenvalue weighted by atomic mass is 10.1. The fourth-order valence-electron chi connectivity index (χ4n) is 2.06. The molecule has 0 unspecified atom stereocenters. The SMILES string of the molecule is Cc1cc(NCCOCCS(C)(=O)=O)c2cccc(F)c2n1. The Kier molecular flexibility index (Phi) is 5.31. The lowest BCUT2D eigenvalue weighted by molar-refractivity contribution is 0.159. The molecule has 0 saturated heterocycles. The molecule has 0 atom stereocenters. The highest BCUT2D eigenvalue weighted by molar-refractivity contribution is 7.90. The number of hydrogen-bond donors (Lipinski definition) is 1. The van der Waals surface area contributed by atoms with Crippen molar-refractivity contribution >= 4 is 26.4 Å². The van der Waals surface area contributed by atoms with E-state index in [1.54, 1.807) is 19.1 Å². The van der Waals surface area contributed by atoms with Gasteiger partial charge in [-0.1, -0.05) is 12.1 Å². The number of benzene rings is 1. The summed E-state index contributed by atoms with van der Waals surface area (Å²) in [6.07, 6.45) is 1.18. The fourth-order valence-corrected chi connectivity index (χ4v) is 2.48. The third kappa shape index (κ3) is 4.64. The molecular formula is C15H19FN2O3S. The van der Waals surface area contributed by atoms with Crippen LogP contribution in [0.1, 0.15) is 5.69 Å². The standard InChI is InChI=1S/C15H19FN2O3S/c1-11-10-14(12-4-3-5-13(16)15(12)18-11)17-6-7-21-8-9-22(2,19)20/h3-5,10H,6-9H2,1-2H3,(H,17,18). The van der Waals surface area contributed by atoms with E-state index in [2.05, 4.69) is 10.3 Å². The predicted octanol–water partition coefficient (Wildman–Crippen LogP) is 2.16. The van der Waals surface area contributed by atoms with E-state index in [9.17, 15) is 12.8 Å². The van der Waals surface area contributed by atoms with E-state index in [0.29, 0.717) is 24.1 Å². The fraction of sp³-hybridized carbons (Fsp3) is 0.400. The molecule has 0 amide bonds. The molecule has 0 radical (unpaired) electrons. The number of halogens is 1. The summed E-state index contributed by atoms with van der Waals surface area (Å²) in [7, 11) is -3.00. The average Bonchev–Trinajstić information content (AvgIpc) is 2.42. The van der Waals surface area contributed by atoms with Crippen LogP contribution < -0.4 is 5.32 Å². The molecule has 2 aromatic rings. The van der Waals surface area contributed by atoms with Crippen LogP contribution in [0, 0.1) is 12.7 Å². The second-order valence-electron chi connectivity index (χ2n) is 5.12. The minimum atomic E-state index is -3.00. The Labute approximate surface area is 129 Å². The van der Waals surface area contributed by atoms with Gasteiger partial charge < -0.3 is 10.1 Å². The minimum Gasteiger partial charge on any atom is -0.382 e. The molecule has 1 heterocycles. The van der Waals surface area contributed by atoms with Crippen LogP contribution in [0.25, 0.3) is 10.9 Å². The van der Waals surface area contributed by atoms with Crippen LogP contribution in [0.2, 0.25) is 0 Å². The van der Waals surface area contributed by atoms with E-state index in [1.807, 2.05) is 6.07 Å². The molecule has 0 bridgehead atoms. The van der Waals surface area contributed by atoms with Crippen molar-refractivity contribution in [1.29, 1.82) is 0 Å². The molecular weight excluding hydrogens is 307 g/mol. The highest BCUT2D eigenvalue weighted by atomic mass is 32.2. The van der Waals surface area contributed by atoms with E-state index in [0.717, 1.165) is 11.4 Å². The number of anilines is 1. The maximum atomic E-state index is 13.8. The van der Waals surface area contributed by atoms with Crippen molar-refractivity contribution in [2.75, 3.05) is 37.1 Å². The zero-order valence-electron chi connectivity index (χ0n) is 12.6. The van der Waals surface area contributed by atoms with Crippen LogP contribution in [-0.4, -0.2) is 45.2 Å². The molecule has 1 aromatic heterocycles. The molecule has 22 heavy (non-hydrogen) atoms. The van der Waals surface area contributed by atoms with Gasteiger partial charge in [-0.15, -0.1) is 0 Å². The number of hydrogen-bond acceptors (Lipinski definition) is 5. The highest BCUT2D eigenvalue weighted by Gasteiger charge is 2.07. The number of nitrogens with zero attached hydrogens (tertiary/aromatic N) is 1. The number of fused-ring (bicyclic) bond motifs is 1. The molecule has 0 saturated carbocycles. The van der Waals surface area contributed by atoms with Gasteiger partial charge in [0.15, 0.2) is 0 Å². The van der Waals surface area contributed by atoms with Gasteiger partial charge >= 0.3 is 0 Å². The number of aromatic nitrogens is 1. The zero-order chi connectivity index (χ0) is 16.2. The van der Waals surface area contributed by atoms with E-state index in [-0.39, 0.29) is 18.2 Å². The van der Waals surface area contributed by atoms with Gasteiger partial charge in [0.2, 0.25) is 0 Å². The van der Waals surface area contributed by atoms with Gasteiger partial charge in [0, 0.05) is 29.6 Å². The molecule has 0 aliphatic rings. The summed E-state index contributed by atoms with van der Waals surface area (Å²) in [5.74, 6) is -0.344. The van der Waals surface area contributed by atoms with Crippen LogP contribution in [0.5, 0.6) is 0 Å². The van der Waals surface area contributed by atoms with E-state index in [1.165, 1.54) is 12.3 Å². The highest BCUT2D eigenvalue weighted by Crippen LogP contribution is 2.24. The molecule has 2 rings (SSSR count). The molecule has 0 aliphatic carbocycles. The third-order valence-electron chi connectivity index (χ3n) is 3.08. The minimum absolute atomic E-state index is 0.00943. The van der Waals surface area contributed by atoms with Gasteiger partial charge in [0.25, 0.3) is 0 Å². The van der Waals surface area contributed by atoms with E-state index < -0.39 is 9.84 Å². The van der Waals surface area contributed by atoms with Gasteiger partial charge in [-0.3, -0.25) is 0 Å². The van der Waals surface area contributed by atoms with Crippen LogP contribution in [0.3, 0.4) is 0 Å². The Hall–Kier alpha value is -1.73. The number of pyridine rings is 1. The first-order valence-electron chi connectivity index (χ1n) is 6.92. The van der Waals surface area contributed by atoms with Gasteiger partial charge in [0.05, 0.1) is 19.0 Å². The Morgan fingerprint density at radius 2 is 2.09 bits per heavy atom. The van der Waals surface area contributed by atoms with Crippen molar-refractivity contribution in [2.24, 2.45) is 0 Å². The molecule has 120 valence electrons. The Morgan fingerprint density at radius 1 is 1.32 bits per heavy atom. The maximum absolute atomic E-state index is 13.8. The van der Waals surface area contributed by atoms with E-state index in [4.69, 9.17) is 4.74 Å². The first-order valence-corrected chi connectivity index (χ1v) is 8.98. The number of nitrogens with one attached hydrogen (secondary N) is 1. The molecule has 7 heteroatoms. The second-order valence-corrected chi connectivity index (χ2v) is 7.38. The summed E-state index contributed by atoms with van der Waals surface area (Å²) < 4.78 is 41.0.